The van der Waals surface area contributed by atoms with Gasteiger partial charge in [-0.3, -0.25) is 0 Å². The van der Waals surface area contributed by atoms with E-state index < -0.39 is 0 Å². The summed E-state index contributed by atoms with van der Waals surface area (Å²) in [5, 5.41) is 8.81. The van der Waals surface area contributed by atoms with Gasteiger partial charge in [-0.05, 0) is 20.3 Å². The molecule has 0 aliphatic rings. The van der Waals surface area contributed by atoms with Crippen LogP contribution in [0.3, 0.4) is 0 Å². The van der Waals surface area contributed by atoms with E-state index in [4.69, 9.17) is 10.8 Å². The normalized spacial score (nSPS) is 10.7. The molecule has 0 aliphatic carbocycles. The Morgan fingerprint density at radius 2 is 2.13 bits per heavy atom. The molecule has 0 bridgehead atoms. The van der Waals surface area contributed by atoms with E-state index in [0.717, 1.165) is 18.8 Å². The zero-order chi connectivity index (χ0) is 11.3. The van der Waals surface area contributed by atoms with Gasteiger partial charge in [-0.25, -0.2) is 9.97 Å². The van der Waals surface area contributed by atoms with Crippen molar-refractivity contribution in [1.29, 1.82) is 0 Å². The second kappa shape index (κ2) is 5.50. The molecule has 1 aromatic heterocycles. The molecule has 0 amide bonds. The number of hydrogen-bond donors (Lipinski definition) is 2. The van der Waals surface area contributed by atoms with Crippen LogP contribution < -0.4 is 10.6 Å². The molecule has 0 aromatic carbocycles. The minimum absolute atomic E-state index is 0.186. The summed E-state index contributed by atoms with van der Waals surface area (Å²) in [7, 11) is 0. The fourth-order valence-electron chi connectivity index (χ4n) is 1.36. The molecular weight excluding hydrogens is 192 g/mol. The third kappa shape index (κ3) is 3.36. The Hall–Kier alpha value is -1.36. The standard InChI is InChI=1S/C10H18N4O/c1-8(2)14(4-3-5-15)10-7-12-9(11)6-13-10/h6-8,15H,3-5H2,1-2H3,(H2,11,12). The van der Waals surface area contributed by atoms with E-state index in [2.05, 4.69) is 28.7 Å². The molecule has 3 N–H and O–H groups in total. The summed E-state index contributed by atoms with van der Waals surface area (Å²) in [6.45, 7) is 5.11. The maximum Gasteiger partial charge on any atom is 0.147 e. The molecule has 5 heteroatoms. The lowest BCUT2D eigenvalue weighted by molar-refractivity contribution is 0.288. The Kier molecular flexibility index (Phi) is 4.30. The van der Waals surface area contributed by atoms with Crippen LogP contribution >= 0.6 is 0 Å². The molecule has 1 aromatic rings. The van der Waals surface area contributed by atoms with Crippen LogP contribution in [0, 0.1) is 0 Å². The quantitative estimate of drug-likeness (QED) is 0.746. The highest BCUT2D eigenvalue weighted by molar-refractivity contribution is 5.40. The van der Waals surface area contributed by atoms with Crippen LogP contribution in [0.25, 0.3) is 0 Å². The summed E-state index contributed by atoms with van der Waals surface area (Å²) in [6.07, 6.45) is 3.93. The number of hydrogen-bond acceptors (Lipinski definition) is 5. The molecule has 0 saturated carbocycles. The molecule has 1 heterocycles. The van der Waals surface area contributed by atoms with E-state index in [1.807, 2.05) is 0 Å². The predicted octanol–water partition coefficient (Wildman–Crippen LogP) is 0.656. The van der Waals surface area contributed by atoms with Gasteiger partial charge in [0, 0.05) is 19.2 Å². The van der Waals surface area contributed by atoms with E-state index in [9.17, 15) is 0 Å². The maximum absolute atomic E-state index is 8.81. The lowest BCUT2D eigenvalue weighted by Crippen LogP contribution is -2.33. The lowest BCUT2D eigenvalue weighted by atomic mass is 10.3. The molecular formula is C10H18N4O. The smallest absolute Gasteiger partial charge is 0.147 e. The Bertz CT molecular complexity index is 286. The van der Waals surface area contributed by atoms with Crippen molar-refractivity contribution in [3.05, 3.63) is 12.4 Å². The first-order valence-electron chi connectivity index (χ1n) is 5.10. The monoisotopic (exact) mass is 210 g/mol. The molecule has 0 spiro atoms. The van der Waals surface area contributed by atoms with Crippen LogP contribution in [0.4, 0.5) is 11.6 Å². The number of aliphatic hydroxyl groups excluding tert-OH is 1. The fourth-order valence-corrected chi connectivity index (χ4v) is 1.36. The molecule has 1 rings (SSSR count). The average molecular weight is 210 g/mol. The summed E-state index contributed by atoms with van der Waals surface area (Å²) in [6, 6.07) is 0.328. The van der Waals surface area contributed by atoms with E-state index >= 15 is 0 Å². The molecule has 0 atom stereocenters. The second-order valence-corrected chi connectivity index (χ2v) is 3.66. The van der Waals surface area contributed by atoms with Gasteiger partial charge in [0.2, 0.25) is 0 Å². The Balaban J connectivity index is 2.74. The zero-order valence-corrected chi connectivity index (χ0v) is 9.22. The highest BCUT2D eigenvalue weighted by Gasteiger charge is 2.11. The highest BCUT2D eigenvalue weighted by Crippen LogP contribution is 2.13. The minimum Gasteiger partial charge on any atom is -0.396 e. The zero-order valence-electron chi connectivity index (χ0n) is 9.22. The van der Waals surface area contributed by atoms with Crippen molar-refractivity contribution in [2.75, 3.05) is 23.8 Å². The Labute approximate surface area is 90.0 Å². The van der Waals surface area contributed by atoms with Crippen LogP contribution in [0.5, 0.6) is 0 Å². The number of anilines is 2. The first kappa shape index (κ1) is 11.7. The highest BCUT2D eigenvalue weighted by atomic mass is 16.3. The van der Waals surface area contributed by atoms with Gasteiger partial charge >= 0.3 is 0 Å². The number of nitrogens with two attached hydrogens (primary N) is 1. The Morgan fingerprint density at radius 3 is 2.60 bits per heavy atom. The third-order valence-corrected chi connectivity index (χ3v) is 2.13. The van der Waals surface area contributed by atoms with Gasteiger partial charge in [-0.2, -0.15) is 0 Å². The lowest BCUT2D eigenvalue weighted by Gasteiger charge is -2.27. The van der Waals surface area contributed by atoms with Crippen molar-refractivity contribution >= 4 is 11.6 Å². The molecule has 0 radical (unpaired) electrons. The van der Waals surface area contributed by atoms with Gasteiger partial charge in [-0.15, -0.1) is 0 Å². The fraction of sp³-hybridized carbons (Fsp3) is 0.600. The van der Waals surface area contributed by atoms with E-state index in [1.54, 1.807) is 12.4 Å². The van der Waals surface area contributed by atoms with Crippen LogP contribution in [0.2, 0.25) is 0 Å². The number of aromatic nitrogens is 2. The summed E-state index contributed by atoms with van der Waals surface area (Å²) >= 11 is 0. The van der Waals surface area contributed by atoms with Crippen LogP contribution in [-0.2, 0) is 0 Å². The van der Waals surface area contributed by atoms with Gasteiger partial charge in [0.1, 0.15) is 11.6 Å². The van der Waals surface area contributed by atoms with Gasteiger partial charge in [0.05, 0.1) is 12.4 Å². The first-order chi connectivity index (χ1) is 7.15. The summed E-state index contributed by atoms with van der Waals surface area (Å²) in [4.78, 5) is 10.3. The first-order valence-corrected chi connectivity index (χ1v) is 5.10. The van der Waals surface area contributed by atoms with E-state index in [-0.39, 0.29) is 6.61 Å². The third-order valence-electron chi connectivity index (χ3n) is 2.13. The molecule has 84 valence electrons. The molecule has 0 fully saturated rings. The average Bonchev–Trinajstić information content (AvgIpc) is 2.21. The number of aliphatic hydroxyl groups is 1. The molecule has 5 nitrogen and oxygen atoms in total. The largest absolute Gasteiger partial charge is 0.396 e. The van der Waals surface area contributed by atoms with Crippen LogP contribution in [0.1, 0.15) is 20.3 Å². The number of nitrogens with zero attached hydrogens (tertiary/aromatic N) is 3. The second-order valence-electron chi connectivity index (χ2n) is 3.66. The van der Waals surface area contributed by atoms with Gasteiger partial charge in [0.25, 0.3) is 0 Å². The van der Waals surface area contributed by atoms with Crippen molar-refractivity contribution in [3.63, 3.8) is 0 Å². The molecule has 0 saturated heterocycles. The van der Waals surface area contributed by atoms with Crippen molar-refractivity contribution in [2.45, 2.75) is 26.3 Å². The van der Waals surface area contributed by atoms with Gasteiger partial charge in [0.15, 0.2) is 0 Å². The molecule has 0 unspecified atom stereocenters. The number of nitrogen functional groups attached to an aromatic ring is 1. The SMILES string of the molecule is CC(C)N(CCCO)c1cnc(N)cn1. The number of rotatable bonds is 5. The topological polar surface area (TPSA) is 75.3 Å². The maximum atomic E-state index is 8.81. The van der Waals surface area contributed by atoms with Crippen molar-refractivity contribution in [3.8, 4) is 0 Å². The minimum atomic E-state index is 0.186. The molecule has 0 aliphatic heterocycles. The van der Waals surface area contributed by atoms with Crippen LogP contribution in [-0.4, -0.2) is 34.3 Å². The Morgan fingerprint density at radius 1 is 1.40 bits per heavy atom. The summed E-state index contributed by atoms with van der Waals surface area (Å²) in [5.74, 6) is 1.22. The van der Waals surface area contributed by atoms with Crippen molar-refractivity contribution in [2.24, 2.45) is 0 Å². The van der Waals surface area contributed by atoms with E-state index in [0.29, 0.717) is 11.9 Å². The van der Waals surface area contributed by atoms with Gasteiger partial charge < -0.3 is 15.7 Å². The van der Waals surface area contributed by atoms with Crippen molar-refractivity contribution < 1.29 is 5.11 Å². The molecule has 15 heavy (non-hydrogen) atoms. The summed E-state index contributed by atoms with van der Waals surface area (Å²) < 4.78 is 0. The summed E-state index contributed by atoms with van der Waals surface area (Å²) in [5.41, 5.74) is 5.47. The van der Waals surface area contributed by atoms with Crippen LogP contribution in [0.15, 0.2) is 12.4 Å². The van der Waals surface area contributed by atoms with Crippen molar-refractivity contribution in [1.82, 2.24) is 9.97 Å². The predicted molar refractivity (Wildman–Crippen MR) is 60.6 cm³/mol. The van der Waals surface area contributed by atoms with E-state index in [1.165, 1.54) is 0 Å². The van der Waals surface area contributed by atoms with Gasteiger partial charge in [-0.1, -0.05) is 0 Å².